The molecule has 2 heterocycles. The van der Waals surface area contributed by atoms with Crippen molar-refractivity contribution in [2.45, 2.75) is 46.8 Å². The molecule has 0 aliphatic heterocycles. The zero-order chi connectivity index (χ0) is 16.3. The van der Waals surface area contributed by atoms with E-state index in [1.54, 1.807) is 22.8 Å². The summed E-state index contributed by atoms with van der Waals surface area (Å²) in [5.74, 6) is 0.0506. The smallest absolute Gasteiger partial charge is 0.224 e. The first-order chi connectivity index (χ1) is 10.4. The maximum Gasteiger partial charge on any atom is 0.224 e. The van der Waals surface area contributed by atoms with E-state index >= 15 is 0 Å². The van der Waals surface area contributed by atoms with Crippen LogP contribution in [0.25, 0.3) is 0 Å². The first-order valence-corrected chi connectivity index (χ1v) is 7.75. The van der Waals surface area contributed by atoms with Crippen LogP contribution in [0.15, 0.2) is 12.3 Å². The van der Waals surface area contributed by atoms with Crippen LogP contribution in [-0.2, 0) is 24.4 Å². The van der Waals surface area contributed by atoms with Crippen LogP contribution in [0, 0.1) is 13.8 Å². The summed E-state index contributed by atoms with van der Waals surface area (Å²) in [6.07, 6.45) is 2.19. The zero-order valence-electron chi connectivity index (χ0n) is 13.5. The third kappa shape index (κ3) is 3.88. The third-order valence-corrected chi connectivity index (χ3v) is 3.88. The second kappa shape index (κ2) is 6.96. The number of aromatic nitrogens is 4. The van der Waals surface area contributed by atoms with E-state index in [0.29, 0.717) is 24.5 Å². The van der Waals surface area contributed by atoms with E-state index in [9.17, 15) is 4.79 Å². The Kier molecular flexibility index (Phi) is 5.24. The molecule has 0 radical (unpaired) electrons. The van der Waals surface area contributed by atoms with Crippen LogP contribution >= 0.6 is 11.6 Å². The Balaban J connectivity index is 1.91. The Morgan fingerprint density at radius 2 is 2.09 bits per heavy atom. The van der Waals surface area contributed by atoms with Crippen molar-refractivity contribution < 1.29 is 4.79 Å². The van der Waals surface area contributed by atoms with Crippen LogP contribution in [0.1, 0.15) is 30.4 Å². The summed E-state index contributed by atoms with van der Waals surface area (Å²) in [5, 5.41) is 9.32. The number of carbonyl (C=O) groups is 1. The molecule has 2 aromatic heterocycles. The number of amides is 1. The van der Waals surface area contributed by atoms with Crippen molar-refractivity contribution in [2.24, 2.45) is 0 Å². The van der Waals surface area contributed by atoms with Crippen molar-refractivity contribution >= 4 is 17.5 Å². The van der Waals surface area contributed by atoms with E-state index in [-0.39, 0.29) is 5.91 Å². The Bertz CT molecular complexity index is 661. The predicted molar refractivity (Wildman–Crippen MR) is 85.7 cm³/mol. The monoisotopic (exact) mass is 323 g/mol. The van der Waals surface area contributed by atoms with Gasteiger partial charge in [0.2, 0.25) is 5.91 Å². The maximum absolute atomic E-state index is 12.2. The van der Waals surface area contributed by atoms with Gasteiger partial charge in [0.15, 0.2) is 0 Å². The van der Waals surface area contributed by atoms with Crippen molar-refractivity contribution in [3.05, 3.63) is 34.4 Å². The highest BCUT2D eigenvalue weighted by Crippen LogP contribution is 2.16. The predicted octanol–water partition coefficient (Wildman–Crippen LogP) is 2.42. The van der Waals surface area contributed by atoms with Crippen LogP contribution in [-0.4, -0.2) is 37.4 Å². The number of hydrogen-bond acceptors (Lipinski definition) is 3. The zero-order valence-corrected chi connectivity index (χ0v) is 14.3. The highest BCUT2D eigenvalue weighted by atomic mass is 35.5. The molecule has 120 valence electrons. The normalized spacial score (nSPS) is 11.0. The molecule has 0 unspecified atom stereocenters. The average molecular weight is 324 g/mol. The van der Waals surface area contributed by atoms with E-state index in [4.69, 9.17) is 11.6 Å². The topological polar surface area (TPSA) is 56.0 Å². The lowest BCUT2D eigenvalue weighted by Crippen LogP contribution is -2.27. The summed E-state index contributed by atoms with van der Waals surface area (Å²) in [6, 6.07) is 2.01. The third-order valence-electron chi connectivity index (χ3n) is 3.56. The first kappa shape index (κ1) is 16.5. The molecule has 0 N–H and O–H groups in total. The molecule has 0 bridgehead atoms. The summed E-state index contributed by atoms with van der Waals surface area (Å²) in [7, 11) is 1.77. The molecule has 0 saturated carbocycles. The highest BCUT2D eigenvalue weighted by molar-refractivity contribution is 6.31. The highest BCUT2D eigenvalue weighted by Gasteiger charge is 2.14. The van der Waals surface area contributed by atoms with Crippen LogP contribution in [0.4, 0.5) is 0 Å². The van der Waals surface area contributed by atoms with Crippen molar-refractivity contribution in [3.8, 4) is 0 Å². The molecule has 0 aliphatic carbocycles. The molecule has 0 fully saturated rings. The minimum atomic E-state index is 0.0506. The lowest BCUT2D eigenvalue weighted by atomic mass is 10.3. The first-order valence-electron chi connectivity index (χ1n) is 7.37. The number of halogens is 1. The Labute approximate surface area is 135 Å². The average Bonchev–Trinajstić information content (AvgIpc) is 2.98. The summed E-state index contributed by atoms with van der Waals surface area (Å²) in [4.78, 5) is 13.9. The number of aryl methyl sites for hydroxylation is 4. The molecular formula is C15H22ClN5O. The Morgan fingerprint density at radius 1 is 1.36 bits per heavy atom. The fraction of sp³-hybridized carbons (Fsp3) is 0.533. The van der Waals surface area contributed by atoms with Gasteiger partial charge in [0.05, 0.1) is 17.3 Å². The summed E-state index contributed by atoms with van der Waals surface area (Å²) in [6.45, 7) is 7.70. The van der Waals surface area contributed by atoms with Crippen LogP contribution < -0.4 is 0 Å². The van der Waals surface area contributed by atoms with E-state index in [1.165, 1.54) is 0 Å². The van der Waals surface area contributed by atoms with Crippen molar-refractivity contribution in [1.82, 2.24) is 24.5 Å². The van der Waals surface area contributed by atoms with E-state index in [1.807, 2.05) is 31.5 Å². The largest absolute Gasteiger partial charge is 0.340 e. The number of nitrogens with zero attached hydrogens (tertiary/aromatic N) is 5. The second-order valence-corrected chi connectivity index (χ2v) is 5.84. The Hall–Kier alpha value is -1.82. The van der Waals surface area contributed by atoms with Crippen LogP contribution in [0.2, 0.25) is 5.02 Å². The summed E-state index contributed by atoms with van der Waals surface area (Å²) in [5.41, 5.74) is 2.76. The molecule has 0 spiro atoms. The molecule has 22 heavy (non-hydrogen) atoms. The summed E-state index contributed by atoms with van der Waals surface area (Å²) < 4.78 is 3.63. The summed E-state index contributed by atoms with van der Waals surface area (Å²) >= 11 is 6.13. The molecule has 0 saturated heterocycles. The van der Waals surface area contributed by atoms with Gasteiger partial charge in [0, 0.05) is 38.4 Å². The van der Waals surface area contributed by atoms with Gasteiger partial charge in [-0.15, -0.1) is 0 Å². The molecule has 7 heteroatoms. The van der Waals surface area contributed by atoms with Gasteiger partial charge in [-0.25, -0.2) is 0 Å². The van der Waals surface area contributed by atoms with Gasteiger partial charge in [-0.3, -0.25) is 14.2 Å². The van der Waals surface area contributed by atoms with Gasteiger partial charge in [-0.05, 0) is 26.8 Å². The minimum Gasteiger partial charge on any atom is -0.340 e. The van der Waals surface area contributed by atoms with Gasteiger partial charge in [0.1, 0.15) is 5.69 Å². The standard InChI is InChI=1S/C15H22ClN5O/c1-5-20-9-13(16)14(18-20)10-19(4)15(22)6-7-21-12(3)8-11(2)17-21/h8-9H,5-7,10H2,1-4H3. The fourth-order valence-electron chi connectivity index (χ4n) is 2.31. The fourth-order valence-corrected chi connectivity index (χ4v) is 2.52. The van der Waals surface area contributed by atoms with Gasteiger partial charge in [-0.1, -0.05) is 11.6 Å². The number of rotatable bonds is 6. The van der Waals surface area contributed by atoms with Gasteiger partial charge in [-0.2, -0.15) is 10.2 Å². The molecular weight excluding hydrogens is 302 g/mol. The molecule has 2 rings (SSSR count). The van der Waals surface area contributed by atoms with Gasteiger partial charge in [0.25, 0.3) is 0 Å². The van der Waals surface area contributed by atoms with E-state index in [0.717, 1.165) is 23.6 Å². The molecule has 1 amide bonds. The van der Waals surface area contributed by atoms with Crippen molar-refractivity contribution in [1.29, 1.82) is 0 Å². The molecule has 0 aliphatic rings. The molecule has 2 aromatic rings. The molecule has 0 aromatic carbocycles. The van der Waals surface area contributed by atoms with Gasteiger partial charge < -0.3 is 4.90 Å². The van der Waals surface area contributed by atoms with E-state index in [2.05, 4.69) is 10.2 Å². The van der Waals surface area contributed by atoms with Gasteiger partial charge >= 0.3 is 0 Å². The minimum absolute atomic E-state index is 0.0506. The Morgan fingerprint density at radius 3 is 2.64 bits per heavy atom. The maximum atomic E-state index is 12.2. The van der Waals surface area contributed by atoms with Crippen LogP contribution in [0.3, 0.4) is 0 Å². The quantitative estimate of drug-likeness (QED) is 0.820. The van der Waals surface area contributed by atoms with Crippen molar-refractivity contribution in [2.75, 3.05) is 7.05 Å². The number of carbonyl (C=O) groups excluding carboxylic acids is 1. The number of hydrogen-bond donors (Lipinski definition) is 0. The van der Waals surface area contributed by atoms with E-state index < -0.39 is 0 Å². The SMILES string of the molecule is CCn1cc(Cl)c(CN(C)C(=O)CCn2nc(C)cc2C)n1. The van der Waals surface area contributed by atoms with Crippen molar-refractivity contribution in [3.63, 3.8) is 0 Å². The molecule has 6 nitrogen and oxygen atoms in total. The lowest BCUT2D eigenvalue weighted by molar-refractivity contribution is -0.130. The lowest BCUT2D eigenvalue weighted by Gasteiger charge is -2.16. The molecule has 0 atom stereocenters. The van der Waals surface area contributed by atoms with Crippen LogP contribution in [0.5, 0.6) is 0 Å². The second-order valence-electron chi connectivity index (χ2n) is 5.43.